The van der Waals surface area contributed by atoms with E-state index in [9.17, 15) is 23.1 Å². The van der Waals surface area contributed by atoms with Gasteiger partial charge in [0.2, 0.25) is 0 Å². The molecule has 0 aliphatic heterocycles. The van der Waals surface area contributed by atoms with Crippen molar-refractivity contribution in [3.05, 3.63) is 63.5 Å². The van der Waals surface area contributed by atoms with E-state index in [1.54, 1.807) is 6.07 Å². The SMILES string of the molecule is O=C(Nc1cccn2c(CO)c(C(F)(F)F)nc12)c1c(Cl)cccc1Cl. The summed E-state index contributed by atoms with van der Waals surface area (Å²) in [6.07, 6.45) is -3.45. The minimum Gasteiger partial charge on any atom is -0.390 e. The first-order valence-electron chi connectivity index (χ1n) is 7.17. The molecule has 0 aliphatic rings. The summed E-state index contributed by atoms with van der Waals surface area (Å²) in [7, 11) is 0. The molecule has 0 radical (unpaired) electrons. The average Bonchev–Trinajstić information content (AvgIpc) is 2.94. The van der Waals surface area contributed by atoms with Gasteiger partial charge in [0.15, 0.2) is 11.3 Å². The van der Waals surface area contributed by atoms with Crippen molar-refractivity contribution in [3.8, 4) is 0 Å². The number of hydrogen-bond donors (Lipinski definition) is 2. The molecule has 0 saturated carbocycles. The molecule has 0 saturated heterocycles. The van der Waals surface area contributed by atoms with E-state index in [0.717, 1.165) is 4.40 Å². The second kappa shape index (κ2) is 6.79. The fourth-order valence-corrected chi connectivity index (χ4v) is 3.06. The number of hydrogen-bond acceptors (Lipinski definition) is 3. The van der Waals surface area contributed by atoms with Gasteiger partial charge in [0.1, 0.15) is 0 Å². The number of benzene rings is 1. The van der Waals surface area contributed by atoms with Crippen LogP contribution >= 0.6 is 23.2 Å². The van der Waals surface area contributed by atoms with Crippen LogP contribution in [0.2, 0.25) is 10.0 Å². The molecule has 2 N–H and O–H groups in total. The van der Waals surface area contributed by atoms with Crippen LogP contribution in [0.1, 0.15) is 21.7 Å². The predicted octanol–water partition coefficient (Wildman–Crippen LogP) is 4.40. The zero-order valence-corrected chi connectivity index (χ0v) is 14.3. The number of amides is 1. The van der Waals surface area contributed by atoms with Crippen LogP contribution in [0, 0.1) is 0 Å². The number of alkyl halides is 3. The Bertz CT molecular complexity index is 982. The lowest BCUT2D eigenvalue weighted by Gasteiger charge is -2.09. The van der Waals surface area contributed by atoms with Gasteiger partial charge in [0, 0.05) is 6.20 Å². The maximum Gasteiger partial charge on any atom is 0.435 e. The number of imidazole rings is 1. The van der Waals surface area contributed by atoms with Crippen LogP contribution in [-0.4, -0.2) is 20.4 Å². The highest BCUT2D eigenvalue weighted by molar-refractivity contribution is 6.40. The van der Waals surface area contributed by atoms with Crippen LogP contribution in [0.4, 0.5) is 18.9 Å². The van der Waals surface area contributed by atoms with Crippen LogP contribution in [0.5, 0.6) is 0 Å². The third-order valence-corrected chi connectivity index (χ3v) is 4.24. The monoisotopic (exact) mass is 403 g/mol. The molecule has 0 unspecified atom stereocenters. The van der Waals surface area contributed by atoms with Gasteiger partial charge in [-0.3, -0.25) is 9.20 Å². The van der Waals surface area contributed by atoms with Gasteiger partial charge in [-0.1, -0.05) is 29.3 Å². The lowest BCUT2D eigenvalue weighted by molar-refractivity contribution is -0.142. The van der Waals surface area contributed by atoms with E-state index >= 15 is 0 Å². The Morgan fingerprint density at radius 1 is 1.19 bits per heavy atom. The summed E-state index contributed by atoms with van der Waals surface area (Å²) in [5.41, 5.74) is -1.82. The molecule has 0 aliphatic carbocycles. The molecular formula is C16H10Cl2F3N3O2. The second-order valence-electron chi connectivity index (χ2n) is 5.23. The molecule has 136 valence electrons. The zero-order chi connectivity index (χ0) is 19.1. The molecule has 3 rings (SSSR count). The zero-order valence-electron chi connectivity index (χ0n) is 12.8. The summed E-state index contributed by atoms with van der Waals surface area (Å²) in [6.45, 7) is -0.871. The summed E-state index contributed by atoms with van der Waals surface area (Å²) in [5, 5.41) is 12.0. The number of aliphatic hydroxyl groups is 1. The highest BCUT2D eigenvalue weighted by Crippen LogP contribution is 2.34. The molecule has 1 amide bonds. The quantitative estimate of drug-likeness (QED) is 0.680. The number of carbonyl (C=O) groups excluding carboxylic acids is 1. The largest absolute Gasteiger partial charge is 0.435 e. The first kappa shape index (κ1) is 18.5. The van der Waals surface area contributed by atoms with Crippen molar-refractivity contribution >= 4 is 40.4 Å². The van der Waals surface area contributed by atoms with Crippen LogP contribution in [-0.2, 0) is 12.8 Å². The first-order valence-corrected chi connectivity index (χ1v) is 7.93. The highest BCUT2D eigenvalue weighted by atomic mass is 35.5. The lowest BCUT2D eigenvalue weighted by Crippen LogP contribution is -2.14. The van der Waals surface area contributed by atoms with E-state index in [-0.39, 0.29) is 26.9 Å². The Labute approximate surface area is 155 Å². The maximum absolute atomic E-state index is 13.1. The second-order valence-corrected chi connectivity index (χ2v) is 6.04. The topological polar surface area (TPSA) is 66.6 Å². The fourth-order valence-electron chi connectivity index (χ4n) is 2.49. The molecule has 2 aromatic heterocycles. The third-order valence-electron chi connectivity index (χ3n) is 3.61. The van der Waals surface area contributed by atoms with Crippen LogP contribution in [0.15, 0.2) is 36.5 Å². The molecule has 10 heteroatoms. The van der Waals surface area contributed by atoms with Crippen molar-refractivity contribution in [1.29, 1.82) is 0 Å². The summed E-state index contributed by atoms with van der Waals surface area (Å²) in [4.78, 5) is 16.0. The molecule has 5 nitrogen and oxygen atoms in total. The maximum atomic E-state index is 13.1. The van der Waals surface area contributed by atoms with E-state index < -0.39 is 30.1 Å². The number of carbonyl (C=O) groups is 1. The Morgan fingerprint density at radius 3 is 2.42 bits per heavy atom. The third kappa shape index (κ3) is 3.23. The van der Waals surface area contributed by atoms with Gasteiger partial charge < -0.3 is 10.4 Å². The molecule has 0 atom stereocenters. The van der Waals surface area contributed by atoms with Crippen LogP contribution in [0.25, 0.3) is 5.65 Å². The number of fused-ring (bicyclic) bond motifs is 1. The summed E-state index contributed by atoms with van der Waals surface area (Å²) >= 11 is 11.9. The van der Waals surface area contributed by atoms with Crippen molar-refractivity contribution in [3.63, 3.8) is 0 Å². The predicted molar refractivity (Wildman–Crippen MR) is 90.5 cm³/mol. The van der Waals surface area contributed by atoms with Crippen LogP contribution < -0.4 is 5.32 Å². The van der Waals surface area contributed by atoms with E-state index in [1.807, 2.05) is 0 Å². The van der Waals surface area contributed by atoms with E-state index in [1.165, 1.54) is 30.5 Å². The van der Waals surface area contributed by atoms with E-state index in [2.05, 4.69) is 10.3 Å². The number of anilines is 1. The molecule has 0 fully saturated rings. The standard InChI is InChI=1S/C16H10Cl2F3N3O2/c17-8-3-1-4-9(18)12(8)15(26)22-10-5-2-6-24-11(7-25)13(16(19,20)21)23-14(10)24/h1-6,25H,7H2,(H,22,26). The van der Waals surface area contributed by atoms with Gasteiger partial charge in [-0.25, -0.2) is 4.98 Å². The summed E-state index contributed by atoms with van der Waals surface area (Å²) < 4.78 is 40.5. The fraction of sp³-hybridized carbons (Fsp3) is 0.125. The van der Waals surface area contributed by atoms with Crippen molar-refractivity contribution in [2.45, 2.75) is 12.8 Å². The number of nitrogens with zero attached hydrogens (tertiary/aromatic N) is 2. The van der Waals surface area contributed by atoms with Crippen LogP contribution in [0.3, 0.4) is 0 Å². The van der Waals surface area contributed by atoms with E-state index in [0.29, 0.717) is 0 Å². The number of rotatable bonds is 3. The number of halogens is 5. The Balaban J connectivity index is 2.09. The lowest BCUT2D eigenvalue weighted by atomic mass is 10.2. The molecule has 1 aromatic carbocycles. The van der Waals surface area contributed by atoms with E-state index in [4.69, 9.17) is 23.2 Å². The molecular weight excluding hydrogens is 394 g/mol. The van der Waals surface area contributed by atoms with Gasteiger partial charge in [-0.15, -0.1) is 0 Å². The Kier molecular flexibility index (Phi) is 4.83. The van der Waals surface area contributed by atoms with Gasteiger partial charge >= 0.3 is 6.18 Å². The van der Waals surface area contributed by atoms with Gasteiger partial charge in [0.25, 0.3) is 5.91 Å². The van der Waals surface area contributed by atoms with Crippen molar-refractivity contribution in [2.75, 3.05) is 5.32 Å². The Hall–Kier alpha value is -2.29. The van der Waals surface area contributed by atoms with Crippen molar-refractivity contribution < 1.29 is 23.1 Å². The minimum atomic E-state index is -4.75. The van der Waals surface area contributed by atoms with Gasteiger partial charge in [-0.2, -0.15) is 13.2 Å². The molecule has 3 aromatic rings. The number of aliphatic hydroxyl groups excluding tert-OH is 1. The molecule has 0 spiro atoms. The summed E-state index contributed by atoms with van der Waals surface area (Å²) in [5.74, 6) is -0.698. The summed E-state index contributed by atoms with van der Waals surface area (Å²) in [6, 6.07) is 7.28. The first-order chi connectivity index (χ1) is 12.2. The average molecular weight is 404 g/mol. The van der Waals surface area contributed by atoms with Gasteiger partial charge in [-0.05, 0) is 24.3 Å². The van der Waals surface area contributed by atoms with Gasteiger partial charge in [0.05, 0.1) is 33.6 Å². The highest BCUT2D eigenvalue weighted by Gasteiger charge is 2.38. The molecule has 2 heterocycles. The number of pyridine rings is 1. The normalized spacial score (nSPS) is 11.8. The molecule has 26 heavy (non-hydrogen) atoms. The van der Waals surface area contributed by atoms with Crippen molar-refractivity contribution in [1.82, 2.24) is 9.38 Å². The molecule has 0 bridgehead atoms. The number of nitrogens with one attached hydrogen (secondary N) is 1. The number of aromatic nitrogens is 2. The Morgan fingerprint density at radius 2 is 1.85 bits per heavy atom. The van der Waals surface area contributed by atoms with Crippen molar-refractivity contribution in [2.24, 2.45) is 0 Å². The smallest absolute Gasteiger partial charge is 0.390 e. The minimum absolute atomic E-state index is 0.0113.